The summed E-state index contributed by atoms with van der Waals surface area (Å²) >= 11 is 2.51. The topological polar surface area (TPSA) is 126 Å². The van der Waals surface area contributed by atoms with Gasteiger partial charge in [0.2, 0.25) is 5.13 Å². The number of aliphatic hydroxyl groups is 2. The zero-order valence-corrected chi connectivity index (χ0v) is 18.0. The molecule has 11 heteroatoms. The molecule has 158 valence electrons. The Labute approximate surface area is 186 Å². The largest absolute Gasteiger partial charge is 0.452 e. The number of hydrogen-bond acceptors (Lipinski definition) is 11. The van der Waals surface area contributed by atoms with E-state index in [0.717, 1.165) is 27.1 Å². The molecule has 4 aromatic rings. The zero-order chi connectivity index (χ0) is 21.6. The van der Waals surface area contributed by atoms with Crippen LogP contribution in [0.1, 0.15) is 17.6 Å². The molecule has 3 N–H and O–H groups in total. The van der Waals surface area contributed by atoms with E-state index in [0.29, 0.717) is 22.4 Å². The Kier molecular flexibility index (Phi) is 6.67. The molecule has 0 aromatic carbocycles. The van der Waals surface area contributed by atoms with Crippen molar-refractivity contribution in [2.75, 3.05) is 11.9 Å². The highest BCUT2D eigenvalue weighted by molar-refractivity contribution is 7.99. The third-order valence-corrected chi connectivity index (χ3v) is 5.56. The Bertz CT molecular complexity index is 1160. The van der Waals surface area contributed by atoms with Crippen molar-refractivity contribution < 1.29 is 14.9 Å². The first-order valence-corrected chi connectivity index (χ1v) is 10.8. The maximum absolute atomic E-state index is 9.71. The minimum absolute atomic E-state index is 0.142. The zero-order valence-electron chi connectivity index (χ0n) is 16.3. The molecular weight excluding hydrogens is 436 g/mol. The van der Waals surface area contributed by atoms with Crippen LogP contribution in [0.3, 0.4) is 0 Å². The van der Waals surface area contributed by atoms with Gasteiger partial charge in [-0.3, -0.25) is 4.98 Å². The first-order chi connectivity index (χ1) is 15.1. The lowest BCUT2D eigenvalue weighted by Gasteiger charge is -2.13. The van der Waals surface area contributed by atoms with Gasteiger partial charge in [0.05, 0.1) is 12.3 Å². The molecule has 0 fully saturated rings. The van der Waals surface area contributed by atoms with Gasteiger partial charge in [-0.25, -0.2) is 15.0 Å². The van der Waals surface area contributed by atoms with E-state index < -0.39 is 12.7 Å². The first kappa shape index (κ1) is 21.1. The maximum atomic E-state index is 9.71. The number of rotatable bonds is 8. The van der Waals surface area contributed by atoms with Gasteiger partial charge in [0.1, 0.15) is 16.9 Å². The number of aromatic nitrogens is 5. The molecule has 1 atom stereocenters. The van der Waals surface area contributed by atoms with Gasteiger partial charge >= 0.3 is 0 Å². The number of pyridine rings is 3. The Morgan fingerprint density at radius 1 is 1.13 bits per heavy atom. The number of aryl methyl sites for hydroxylation is 1. The van der Waals surface area contributed by atoms with E-state index >= 15 is 0 Å². The average molecular weight is 455 g/mol. The molecule has 0 aliphatic carbocycles. The molecule has 0 unspecified atom stereocenters. The second-order valence-electron chi connectivity index (χ2n) is 6.26. The fraction of sp³-hybridized carbons (Fsp3) is 0.150. The lowest BCUT2D eigenvalue weighted by molar-refractivity contribution is 0.0897. The van der Waals surface area contributed by atoms with Crippen molar-refractivity contribution in [3.63, 3.8) is 0 Å². The van der Waals surface area contributed by atoms with Crippen LogP contribution in [0.15, 0.2) is 64.9 Å². The summed E-state index contributed by atoms with van der Waals surface area (Å²) < 4.78 is 10.2. The number of anilines is 2. The van der Waals surface area contributed by atoms with Crippen LogP contribution in [0, 0.1) is 6.92 Å². The fourth-order valence-corrected chi connectivity index (χ4v) is 3.87. The summed E-state index contributed by atoms with van der Waals surface area (Å²) in [5.74, 6) is 1.63. The lowest BCUT2D eigenvalue weighted by atomic mass is 10.3. The highest BCUT2D eigenvalue weighted by Gasteiger charge is 2.16. The highest BCUT2D eigenvalue weighted by atomic mass is 32.2. The van der Waals surface area contributed by atoms with Crippen LogP contribution >= 0.6 is 23.3 Å². The quantitative estimate of drug-likeness (QED) is 0.362. The van der Waals surface area contributed by atoms with Crippen LogP contribution in [-0.2, 0) is 0 Å². The summed E-state index contributed by atoms with van der Waals surface area (Å²) in [5, 5.41) is 23.1. The van der Waals surface area contributed by atoms with Gasteiger partial charge in [-0.1, -0.05) is 17.8 Å². The van der Waals surface area contributed by atoms with Crippen LogP contribution in [0.4, 0.5) is 10.9 Å². The molecule has 0 radical (unpaired) electrons. The Morgan fingerprint density at radius 2 is 2.00 bits per heavy atom. The second-order valence-corrected chi connectivity index (χ2v) is 8.10. The van der Waals surface area contributed by atoms with Crippen LogP contribution in [-0.4, -0.2) is 41.1 Å². The first-order valence-electron chi connectivity index (χ1n) is 9.20. The van der Waals surface area contributed by atoms with Crippen LogP contribution in [0.5, 0.6) is 11.5 Å². The number of ether oxygens (including phenoxy) is 1. The molecule has 4 aromatic heterocycles. The predicted molar refractivity (Wildman–Crippen MR) is 117 cm³/mol. The van der Waals surface area contributed by atoms with E-state index in [2.05, 4.69) is 29.6 Å². The van der Waals surface area contributed by atoms with Gasteiger partial charge in [-0.2, -0.15) is 4.37 Å². The molecule has 0 aliphatic rings. The monoisotopic (exact) mass is 454 g/mol. The van der Waals surface area contributed by atoms with E-state index in [4.69, 9.17) is 9.84 Å². The van der Waals surface area contributed by atoms with Crippen molar-refractivity contribution in [3.8, 4) is 11.5 Å². The van der Waals surface area contributed by atoms with Crippen molar-refractivity contribution in [1.82, 2.24) is 24.3 Å². The second kappa shape index (κ2) is 9.79. The van der Waals surface area contributed by atoms with Crippen LogP contribution in [0.2, 0.25) is 0 Å². The molecule has 0 bridgehead atoms. The van der Waals surface area contributed by atoms with E-state index in [1.54, 1.807) is 24.7 Å². The summed E-state index contributed by atoms with van der Waals surface area (Å²) in [6, 6.07) is 11.2. The van der Waals surface area contributed by atoms with Crippen LogP contribution in [0.25, 0.3) is 0 Å². The molecule has 0 saturated carbocycles. The average Bonchev–Trinajstić information content (AvgIpc) is 3.26. The minimum Gasteiger partial charge on any atom is -0.452 e. The SMILES string of the molecule is Cc1ncccc1Oc1cc(Sc2ccccn2)cnc1Nc1nc([C@H](O)CO)ns1. The Morgan fingerprint density at radius 3 is 2.77 bits per heavy atom. The summed E-state index contributed by atoms with van der Waals surface area (Å²) in [6.45, 7) is 1.40. The summed E-state index contributed by atoms with van der Waals surface area (Å²) in [6.07, 6.45) is 4.00. The molecule has 4 heterocycles. The van der Waals surface area contributed by atoms with Crippen molar-refractivity contribution >= 4 is 34.2 Å². The smallest absolute Gasteiger partial charge is 0.208 e. The maximum Gasteiger partial charge on any atom is 0.208 e. The van der Waals surface area contributed by atoms with Gasteiger partial charge in [0.25, 0.3) is 0 Å². The van der Waals surface area contributed by atoms with Gasteiger partial charge < -0.3 is 20.3 Å². The van der Waals surface area contributed by atoms with Gasteiger partial charge in [0, 0.05) is 41.1 Å². The van der Waals surface area contributed by atoms with Gasteiger partial charge in [-0.05, 0) is 31.2 Å². The lowest BCUT2D eigenvalue weighted by Crippen LogP contribution is -2.04. The predicted octanol–water partition coefficient (Wildman–Crippen LogP) is 3.74. The molecular formula is C20H18N6O3S2. The molecule has 0 aliphatic heterocycles. The molecule has 4 rings (SSSR count). The van der Waals surface area contributed by atoms with E-state index in [-0.39, 0.29) is 5.82 Å². The number of aliphatic hydroxyl groups excluding tert-OH is 2. The summed E-state index contributed by atoms with van der Waals surface area (Å²) in [5.41, 5.74) is 0.737. The van der Waals surface area contributed by atoms with Gasteiger partial charge in [0.15, 0.2) is 17.4 Å². The number of nitrogens with one attached hydrogen (secondary N) is 1. The van der Waals surface area contributed by atoms with Crippen molar-refractivity contribution in [1.29, 1.82) is 0 Å². The number of hydrogen-bond donors (Lipinski definition) is 3. The van der Waals surface area contributed by atoms with E-state index in [1.165, 1.54) is 11.8 Å². The fourth-order valence-electron chi connectivity index (χ4n) is 2.48. The van der Waals surface area contributed by atoms with Crippen molar-refractivity contribution in [3.05, 3.63) is 66.5 Å². The third-order valence-electron chi connectivity index (χ3n) is 4.00. The normalized spacial score (nSPS) is 11.8. The Hall–Kier alpha value is -3.12. The summed E-state index contributed by atoms with van der Waals surface area (Å²) in [4.78, 5) is 18.1. The Balaban J connectivity index is 1.64. The summed E-state index contributed by atoms with van der Waals surface area (Å²) in [7, 11) is 0. The standard InChI is InChI=1S/C20H18N6O3S2/c1-12-15(5-4-8-21-12)29-16-9-13(30-17-6-2-3-7-22-17)10-23-19(16)25-20-24-18(26-31-20)14(28)11-27/h2-10,14,27-28H,11H2,1H3,(H,23,24,25,26)/t14-/m1/s1. The van der Waals surface area contributed by atoms with E-state index in [9.17, 15) is 5.11 Å². The van der Waals surface area contributed by atoms with E-state index in [1.807, 2.05) is 37.3 Å². The van der Waals surface area contributed by atoms with Gasteiger partial charge in [-0.15, -0.1) is 0 Å². The molecule has 0 spiro atoms. The third kappa shape index (κ3) is 5.33. The molecule has 9 nitrogen and oxygen atoms in total. The molecule has 0 amide bonds. The molecule has 31 heavy (non-hydrogen) atoms. The van der Waals surface area contributed by atoms with Crippen molar-refractivity contribution in [2.45, 2.75) is 22.9 Å². The minimum atomic E-state index is -1.13. The van der Waals surface area contributed by atoms with Crippen molar-refractivity contribution in [2.24, 2.45) is 0 Å². The highest BCUT2D eigenvalue weighted by Crippen LogP contribution is 2.36. The molecule has 0 saturated heterocycles. The number of nitrogens with zero attached hydrogens (tertiary/aromatic N) is 5. The van der Waals surface area contributed by atoms with Crippen LogP contribution < -0.4 is 10.1 Å².